The molecule has 118 valence electrons. The van der Waals surface area contributed by atoms with Gasteiger partial charge in [-0.1, -0.05) is 32.0 Å². The second-order valence-corrected chi connectivity index (χ2v) is 7.39. The molecule has 0 amide bonds. The standard InChI is InChI=1S/C14H21FNO4P/c1-11(2)10-19-14(17)9-16-21(18,12(3)15)20-13-7-5-4-6-8-13/h4-8,11-12H,9-10H2,1-3H3,(H,16,18). The van der Waals surface area contributed by atoms with Crippen LogP contribution in [0.4, 0.5) is 4.39 Å². The van der Waals surface area contributed by atoms with E-state index in [-0.39, 0.29) is 24.8 Å². The highest BCUT2D eigenvalue weighted by Gasteiger charge is 2.33. The van der Waals surface area contributed by atoms with Crippen LogP contribution in [0.3, 0.4) is 0 Å². The lowest BCUT2D eigenvalue weighted by molar-refractivity contribution is -0.143. The Balaban J connectivity index is 2.61. The lowest BCUT2D eigenvalue weighted by atomic mass is 10.2. The number of ether oxygens (including phenoxy) is 1. The Morgan fingerprint density at radius 2 is 1.90 bits per heavy atom. The van der Waals surface area contributed by atoms with Gasteiger partial charge < -0.3 is 9.26 Å². The molecule has 1 aromatic carbocycles. The Bertz CT molecular complexity index is 493. The Morgan fingerprint density at radius 3 is 2.43 bits per heavy atom. The third-order valence-electron chi connectivity index (χ3n) is 2.47. The fourth-order valence-electron chi connectivity index (χ4n) is 1.35. The van der Waals surface area contributed by atoms with E-state index in [0.717, 1.165) is 6.92 Å². The maximum Gasteiger partial charge on any atom is 0.350 e. The first-order chi connectivity index (χ1) is 9.83. The Hall–Kier alpha value is -1.39. The quantitative estimate of drug-likeness (QED) is 0.588. The SMILES string of the molecule is CC(C)COC(=O)CNP(=O)(Oc1ccccc1)C(C)F. The summed E-state index contributed by atoms with van der Waals surface area (Å²) >= 11 is 0. The summed E-state index contributed by atoms with van der Waals surface area (Å²) < 4.78 is 36.1. The molecular formula is C14H21FNO4P. The van der Waals surface area contributed by atoms with Gasteiger partial charge in [0.2, 0.25) is 0 Å². The zero-order chi connectivity index (χ0) is 15.9. The van der Waals surface area contributed by atoms with Gasteiger partial charge in [0, 0.05) is 0 Å². The van der Waals surface area contributed by atoms with Crippen LogP contribution in [0, 0.1) is 5.92 Å². The normalized spacial score (nSPS) is 15.3. The molecule has 1 aromatic rings. The summed E-state index contributed by atoms with van der Waals surface area (Å²) in [5, 5.41) is 2.35. The molecule has 0 aromatic heterocycles. The highest BCUT2D eigenvalue weighted by atomic mass is 31.2. The number of hydrogen-bond donors (Lipinski definition) is 1. The molecule has 0 bridgehead atoms. The second kappa shape index (κ2) is 8.15. The van der Waals surface area contributed by atoms with Crippen molar-refractivity contribution >= 4 is 13.5 Å². The fourth-order valence-corrected chi connectivity index (χ4v) is 2.60. The molecule has 7 heteroatoms. The van der Waals surface area contributed by atoms with Crippen molar-refractivity contribution in [1.82, 2.24) is 5.09 Å². The average Bonchev–Trinajstić information content (AvgIpc) is 2.44. The minimum absolute atomic E-state index is 0.196. The van der Waals surface area contributed by atoms with Crippen LogP contribution < -0.4 is 9.61 Å². The van der Waals surface area contributed by atoms with Crippen molar-refractivity contribution < 1.29 is 23.0 Å². The first-order valence-electron chi connectivity index (χ1n) is 6.72. The van der Waals surface area contributed by atoms with Gasteiger partial charge in [-0.3, -0.25) is 9.36 Å². The molecule has 0 saturated heterocycles. The minimum atomic E-state index is -3.83. The number of hydrogen-bond acceptors (Lipinski definition) is 4. The van der Waals surface area contributed by atoms with Gasteiger partial charge >= 0.3 is 13.5 Å². The molecule has 0 radical (unpaired) electrons. The Labute approximate surface area is 124 Å². The average molecular weight is 317 g/mol. The van der Waals surface area contributed by atoms with E-state index in [1.54, 1.807) is 30.3 Å². The molecule has 0 aliphatic carbocycles. The van der Waals surface area contributed by atoms with Crippen molar-refractivity contribution in [3.63, 3.8) is 0 Å². The van der Waals surface area contributed by atoms with Gasteiger partial charge in [-0.15, -0.1) is 0 Å². The monoisotopic (exact) mass is 317 g/mol. The summed E-state index contributed by atoms with van der Waals surface area (Å²) in [6.45, 7) is 4.80. The molecule has 5 nitrogen and oxygen atoms in total. The van der Waals surface area contributed by atoms with E-state index in [1.165, 1.54) is 0 Å². The van der Waals surface area contributed by atoms with Crippen LogP contribution >= 0.6 is 7.52 Å². The van der Waals surface area contributed by atoms with E-state index in [2.05, 4.69) is 5.09 Å². The molecule has 1 rings (SSSR count). The van der Waals surface area contributed by atoms with E-state index >= 15 is 0 Å². The Kier molecular flexibility index (Phi) is 6.85. The smallest absolute Gasteiger partial charge is 0.350 e. The maximum absolute atomic E-state index is 13.6. The van der Waals surface area contributed by atoms with Crippen LogP contribution in [-0.2, 0) is 14.1 Å². The van der Waals surface area contributed by atoms with Crippen LogP contribution in [0.15, 0.2) is 30.3 Å². The minimum Gasteiger partial charge on any atom is -0.464 e. The molecule has 1 N–H and O–H groups in total. The highest BCUT2D eigenvalue weighted by Crippen LogP contribution is 2.48. The van der Waals surface area contributed by atoms with E-state index < -0.39 is 19.4 Å². The summed E-state index contributed by atoms with van der Waals surface area (Å²) in [5.41, 5.74) is 0. The number of nitrogens with one attached hydrogen (secondary N) is 1. The molecule has 0 aliphatic heterocycles. The van der Waals surface area contributed by atoms with E-state index in [4.69, 9.17) is 9.26 Å². The summed E-state index contributed by atoms with van der Waals surface area (Å²) in [6, 6.07) is 8.24. The van der Waals surface area contributed by atoms with Gasteiger partial charge in [0.25, 0.3) is 0 Å². The van der Waals surface area contributed by atoms with Crippen LogP contribution in [0.5, 0.6) is 5.75 Å². The van der Waals surface area contributed by atoms with Gasteiger partial charge in [-0.2, -0.15) is 0 Å². The summed E-state index contributed by atoms with van der Waals surface area (Å²) in [5.74, 6) is -1.88. The summed E-state index contributed by atoms with van der Waals surface area (Å²) in [4.78, 5) is 11.5. The largest absolute Gasteiger partial charge is 0.464 e. The van der Waals surface area contributed by atoms with Crippen molar-refractivity contribution in [2.45, 2.75) is 26.7 Å². The Morgan fingerprint density at radius 1 is 1.29 bits per heavy atom. The number of benzene rings is 1. The first-order valence-corrected chi connectivity index (χ1v) is 8.42. The number of esters is 1. The predicted octanol–water partition coefficient (Wildman–Crippen LogP) is 3.36. The molecule has 0 heterocycles. The lowest BCUT2D eigenvalue weighted by Gasteiger charge is -2.21. The molecule has 0 spiro atoms. The lowest BCUT2D eigenvalue weighted by Crippen LogP contribution is -2.28. The van der Waals surface area contributed by atoms with Gasteiger partial charge in [-0.25, -0.2) is 9.48 Å². The molecule has 0 fully saturated rings. The van der Waals surface area contributed by atoms with E-state index in [1.807, 2.05) is 13.8 Å². The molecule has 0 saturated carbocycles. The van der Waals surface area contributed by atoms with Crippen molar-refractivity contribution in [3.8, 4) is 5.75 Å². The molecule has 2 atom stereocenters. The number of halogens is 1. The second-order valence-electron chi connectivity index (χ2n) is 4.99. The molecule has 2 unspecified atom stereocenters. The predicted molar refractivity (Wildman–Crippen MR) is 79.0 cm³/mol. The molecule has 0 aliphatic rings. The van der Waals surface area contributed by atoms with Crippen LogP contribution in [0.2, 0.25) is 0 Å². The first kappa shape index (κ1) is 17.7. The van der Waals surface area contributed by atoms with Crippen LogP contribution in [0.1, 0.15) is 20.8 Å². The van der Waals surface area contributed by atoms with Crippen LogP contribution in [-0.4, -0.2) is 25.0 Å². The highest BCUT2D eigenvalue weighted by molar-refractivity contribution is 7.57. The van der Waals surface area contributed by atoms with E-state index in [0.29, 0.717) is 0 Å². The molecular weight excluding hydrogens is 296 g/mol. The third-order valence-corrected chi connectivity index (χ3v) is 4.49. The zero-order valence-electron chi connectivity index (χ0n) is 12.4. The summed E-state index contributed by atoms with van der Waals surface area (Å²) in [7, 11) is -3.83. The topological polar surface area (TPSA) is 64.6 Å². The number of rotatable bonds is 8. The van der Waals surface area contributed by atoms with E-state index in [9.17, 15) is 13.8 Å². The summed E-state index contributed by atoms with van der Waals surface area (Å²) in [6.07, 6.45) is 0. The van der Waals surface area contributed by atoms with Gasteiger partial charge in [0.1, 0.15) is 12.3 Å². The maximum atomic E-state index is 13.6. The van der Waals surface area contributed by atoms with Crippen molar-refractivity contribution in [1.29, 1.82) is 0 Å². The third kappa shape index (κ3) is 6.27. The zero-order valence-corrected chi connectivity index (χ0v) is 13.3. The number of carbonyl (C=O) groups excluding carboxylic acids is 1. The fraction of sp³-hybridized carbons (Fsp3) is 0.500. The van der Waals surface area contributed by atoms with Gasteiger partial charge in [0.05, 0.1) is 6.61 Å². The van der Waals surface area contributed by atoms with Crippen molar-refractivity contribution in [3.05, 3.63) is 30.3 Å². The molecule has 21 heavy (non-hydrogen) atoms. The number of para-hydroxylation sites is 1. The number of carbonyl (C=O) groups is 1. The van der Waals surface area contributed by atoms with Gasteiger partial charge in [0.15, 0.2) is 5.91 Å². The van der Waals surface area contributed by atoms with Crippen LogP contribution in [0.25, 0.3) is 0 Å². The van der Waals surface area contributed by atoms with Crippen molar-refractivity contribution in [2.75, 3.05) is 13.2 Å². The van der Waals surface area contributed by atoms with Gasteiger partial charge in [-0.05, 0) is 25.0 Å². The van der Waals surface area contributed by atoms with Crippen molar-refractivity contribution in [2.24, 2.45) is 5.92 Å². The number of alkyl halides is 1.